The van der Waals surface area contributed by atoms with Crippen molar-refractivity contribution < 1.29 is 5.11 Å². The Morgan fingerprint density at radius 3 is 1.88 bits per heavy atom. The molecule has 1 unspecified atom stereocenters. The standard InChI is InChI=1S/C14H31NO/c1-4-7-13(10-11-16)12-15-14(8-5-2)9-6-3/h13-16H,4-12H2,1-3H3. The molecule has 0 rings (SSSR count). The normalized spacial score (nSPS) is 13.3. The van der Waals surface area contributed by atoms with E-state index in [4.69, 9.17) is 5.11 Å². The monoisotopic (exact) mass is 229 g/mol. The van der Waals surface area contributed by atoms with Crippen LogP contribution < -0.4 is 5.32 Å². The molecule has 0 aromatic carbocycles. The van der Waals surface area contributed by atoms with Gasteiger partial charge in [0.2, 0.25) is 0 Å². The second-order valence-corrected chi connectivity index (χ2v) is 4.85. The summed E-state index contributed by atoms with van der Waals surface area (Å²) in [7, 11) is 0. The molecule has 0 saturated heterocycles. The highest BCUT2D eigenvalue weighted by Crippen LogP contribution is 2.11. The summed E-state index contributed by atoms with van der Waals surface area (Å²) in [6, 6.07) is 0.688. The molecule has 0 aliphatic carbocycles. The Kier molecular flexibility index (Phi) is 11.3. The van der Waals surface area contributed by atoms with Crippen molar-refractivity contribution in [2.24, 2.45) is 5.92 Å². The van der Waals surface area contributed by atoms with Crippen molar-refractivity contribution in [3.63, 3.8) is 0 Å². The van der Waals surface area contributed by atoms with Crippen molar-refractivity contribution in [2.75, 3.05) is 13.2 Å². The first-order valence-electron chi connectivity index (χ1n) is 7.12. The summed E-state index contributed by atoms with van der Waals surface area (Å²) in [5.41, 5.74) is 0. The summed E-state index contributed by atoms with van der Waals surface area (Å²) in [6.45, 7) is 8.14. The Hall–Kier alpha value is -0.0800. The largest absolute Gasteiger partial charge is 0.396 e. The highest BCUT2D eigenvalue weighted by molar-refractivity contribution is 4.69. The fourth-order valence-corrected chi connectivity index (χ4v) is 2.32. The Morgan fingerprint density at radius 2 is 1.44 bits per heavy atom. The Morgan fingerprint density at radius 1 is 0.875 bits per heavy atom. The van der Waals surface area contributed by atoms with Crippen LogP contribution in [0, 0.1) is 5.92 Å². The molecule has 98 valence electrons. The molecule has 2 nitrogen and oxygen atoms in total. The third-order valence-corrected chi connectivity index (χ3v) is 3.20. The molecule has 0 spiro atoms. The topological polar surface area (TPSA) is 32.3 Å². The molecule has 16 heavy (non-hydrogen) atoms. The van der Waals surface area contributed by atoms with Crippen LogP contribution in [0.4, 0.5) is 0 Å². The van der Waals surface area contributed by atoms with Gasteiger partial charge in [0, 0.05) is 12.6 Å². The van der Waals surface area contributed by atoms with E-state index in [1.165, 1.54) is 38.5 Å². The van der Waals surface area contributed by atoms with E-state index in [2.05, 4.69) is 26.1 Å². The maximum atomic E-state index is 9.01. The molecule has 0 aliphatic heterocycles. The fraction of sp³-hybridized carbons (Fsp3) is 1.00. The van der Waals surface area contributed by atoms with E-state index >= 15 is 0 Å². The molecule has 0 aromatic heterocycles. The average molecular weight is 229 g/mol. The zero-order valence-corrected chi connectivity index (χ0v) is 11.5. The first-order valence-corrected chi connectivity index (χ1v) is 7.12. The third-order valence-electron chi connectivity index (χ3n) is 3.20. The SMILES string of the molecule is CCCC(CCO)CNC(CCC)CCC. The Bertz CT molecular complexity index is 111. The lowest BCUT2D eigenvalue weighted by Crippen LogP contribution is -2.33. The molecule has 2 heteroatoms. The van der Waals surface area contributed by atoms with E-state index in [0.29, 0.717) is 18.6 Å². The fourth-order valence-electron chi connectivity index (χ4n) is 2.32. The van der Waals surface area contributed by atoms with Gasteiger partial charge in [-0.15, -0.1) is 0 Å². The average Bonchev–Trinajstić information content (AvgIpc) is 2.27. The molecule has 0 amide bonds. The highest BCUT2D eigenvalue weighted by Gasteiger charge is 2.10. The van der Waals surface area contributed by atoms with E-state index in [1.807, 2.05) is 0 Å². The van der Waals surface area contributed by atoms with Gasteiger partial charge in [-0.25, -0.2) is 0 Å². The van der Waals surface area contributed by atoms with Crippen LogP contribution in [0.15, 0.2) is 0 Å². The second-order valence-electron chi connectivity index (χ2n) is 4.85. The summed E-state index contributed by atoms with van der Waals surface area (Å²) in [5.74, 6) is 0.659. The molecule has 0 aromatic rings. The van der Waals surface area contributed by atoms with Crippen LogP contribution >= 0.6 is 0 Å². The van der Waals surface area contributed by atoms with Gasteiger partial charge in [-0.3, -0.25) is 0 Å². The van der Waals surface area contributed by atoms with Gasteiger partial charge < -0.3 is 10.4 Å². The molecule has 0 fully saturated rings. The van der Waals surface area contributed by atoms with Crippen LogP contribution in [0.1, 0.15) is 65.7 Å². The van der Waals surface area contributed by atoms with Gasteiger partial charge >= 0.3 is 0 Å². The van der Waals surface area contributed by atoms with Crippen LogP contribution in [0.5, 0.6) is 0 Å². The minimum absolute atomic E-state index is 0.332. The van der Waals surface area contributed by atoms with E-state index in [-0.39, 0.29) is 0 Å². The zero-order chi connectivity index (χ0) is 12.2. The summed E-state index contributed by atoms with van der Waals surface area (Å²) >= 11 is 0. The van der Waals surface area contributed by atoms with Crippen molar-refractivity contribution >= 4 is 0 Å². The van der Waals surface area contributed by atoms with Crippen LogP contribution in [-0.2, 0) is 0 Å². The summed E-state index contributed by atoms with van der Waals surface area (Å²) in [6.07, 6.45) is 8.49. The van der Waals surface area contributed by atoms with Crippen molar-refractivity contribution in [1.29, 1.82) is 0 Å². The van der Waals surface area contributed by atoms with E-state index in [1.54, 1.807) is 0 Å². The van der Waals surface area contributed by atoms with Gasteiger partial charge in [0.25, 0.3) is 0 Å². The van der Waals surface area contributed by atoms with E-state index in [0.717, 1.165) is 13.0 Å². The van der Waals surface area contributed by atoms with Crippen molar-refractivity contribution in [3.05, 3.63) is 0 Å². The Balaban J connectivity index is 3.83. The third kappa shape index (κ3) is 8.12. The maximum absolute atomic E-state index is 9.01. The lowest BCUT2D eigenvalue weighted by molar-refractivity contribution is 0.243. The lowest BCUT2D eigenvalue weighted by Gasteiger charge is -2.22. The number of aliphatic hydroxyl groups excluding tert-OH is 1. The van der Waals surface area contributed by atoms with Gasteiger partial charge in [-0.1, -0.05) is 40.0 Å². The van der Waals surface area contributed by atoms with Gasteiger partial charge in [0.05, 0.1) is 0 Å². The summed E-state index contributed by atoms with van der Waals surface area (Å²) in [4.78, 5) is 0. The number of nitrogens with one attached hydrogen (secondary N) is 1. The quantitative estimate of drug-likeness (QED) is 0.569. The van der Waals surface area contributed by atoms with Crippen LogP contribution in [-0.4, -0.2) is 24.3 Å². The van der Waals surface area contributed by atoms with Crippen LogP contribution in [0.3, 0.4) is 0 Å². The summed E-state index contributed by atoms with van der Waals surface area (Å²) < 4.78 is 0. The summed E-state index contributed by atoms with van der Waals surface area (Å²) in [5, 5.41) is 12.7. The molecule has 1 atom stereocenters. The molecule has 0 bridgehead atoms. The molecule has 0 heterocycles. The maximum Gasteiger partial charge on any atom is 0.0434 e. The van der Waals surface area contributed by atoms with E-state index < -0.39 is 0 Å². The van der Waals surface area contributed by atoms with Crippen LogP contribution in [0.25, 0.3) is 0 Å². The minimum atomic E-state index is 0.332. The molecular weight excluding hydrogens is 198 g/mol. The molecule has 0 radical (unpaired) electrons. The second kappa shape index (κ2) is 11.4. The molecular formula is C14H31NO. The highest BCUT2D eigenvalue weighted by atomic mass is 16.3. The van der Waals surface area contributed by atoms with Gasteiger partial charge in [0.15, 0.2) is 0 Å². The molecule has 2 N–H and O–H groups in total. The van der Waals surface area contributed by atoms with Gasteiger partial charge in [-0.2, -0.15) is 0 Å². The zero-order valence-electron chi connectivity index (χ0n) is 11.5. The predicted molar refractivity (Wildman–Crippen MR) is 71.7 cm³/mol. The Labute approximate surface area is 102 Å². The molecule has 0 aliphatic rings. The molecule has 0 saturated carbocycles. The van der Waals surface area contributed by atoms with Crippen LogP contribution in [0.2, 0.25) is 0 Å². The van der Waals surface area contributed by atoms with Crippen molar-refractivity contribution in [3.8, 4) is 0 Å². The number of rotatable bonds is 11. The number of aliphatic hydroxyl groups is 1. The predicted octanol–water partition coefficient (Wildman–Crippen LogP) is 3.34. The number of hydrogen-bond donors (Lipinski definition) is 2. The van der Waals surface area contributed by atoms with E-state index in [9.17, 15) is 0 Å². The first-order chi connectivity index (χ1) is 7.78. The van der Waals surface area contributed by atoms with Gasteiger partial charge in [0.1, 0.15) is 0 Å². The first kappa shape index (κ1) is 15.9. The smallest absolute Gasteiger partial charge is 0.0434 e. The number of hydrogen-bond acceptors (Lipinski definition) is 2. The lowest BCUT2D eigenvalue weighted by atomic mass is 9.98. The van der Waals surface area contributed by atoms with Gasteiger partial charge in [-0.05, 0) is 38.1 Å². The van der Waals surface area contributed by atoms with Crippen molar-refractivity contribution in [2.45, 2.75) is 71.8 Å². The minimum Gasteiger partial charge on any atom is -0.396 e. The van der Waals surface area contributed by atoms with Crippen molar-refractivity contribution in [1.82, 2.24) is 5.32 Å².